The van der Waals surface area contributed by atoms with Crippen molar-refractivity contribution in [1.82, 2.24) is 0 Å². The Morgan fingerprint density at radius 1 is 1.15 bits per heavy atom. The highest BCUT2D eigenvalue weighted by Crippen LogP contribution is 2.86. The molecule has 0 amide bonds. The van der Waals surface area contributed by atoms with Gasteiger partial charge >= 0.3 is 0 Å². The molecule has 0 unspecified atom stereocenters. The molecular formula is C16H20O3S. The molecule has 0 radical (unpaired) electrons. The average molecular weight is 292 g/mol. The van der Waals surface area contributed by atoms with E-state index in [2.05, 4.69) is 13.8 Å². The lowest BCUT2D eigenvalue weighted by Crippen LogP contribution is -2.33. The van der Waals surface area contributed by atoms with Crippen molar-refractivity contribution in [2.75, 3.05) is 6.61 Å². The van der Waals surface area contributed by atoms with E-state index in [1.807, 2.05) is 6.07 Å². The van der Waals surface area contributed by atoms with Gasteiger partial charge in [-0.15, -0.1) is 0 Å². The average Bonchev–Trinajstić information content (AvgIpc) is 2.78. The van der Waals surface area contributed by atoms with Crippen LogP contribution in [0.2, 0.25) is 0 Å². The quantitative estimate of drug-likeness (QED) is 0.801. The van der Waals surface area contributed by atoms with E-state index in [4.69, 9.17) is 4.18 Å². The molecule has 5 rings (SSSR count). The van der Waals surface area contributed by atoms with Gasteiger partial charge in [0.2, 0.25) is 0 Å². The first-order chi connectivity index (χ1) is 9.39. The fraction of sp³-hybridized carbons (Fsp3) is 0.625. The maximum Gasteiger partial charge on any atom is 0.296 e. The van der Waals surface area contributed by atoms with Gasteiger partial charge in [-0.3, -0.25) is 4.18 Å². The molecule has 1 aromatic rings. The van der Waals surface area contributed by atoms with E-state index in [1.54, 1.807) is 24.3 Å². The molecule has 0 aliphatic heterocycles. The Kier molecular flexibility index (Phi) is 2.35. The molecule has 0 saturated heterocycles. The zero-order valence-corrected chi connectivity index (χ0v) is 12.7. The topological polar surface area (TPSA) is 43.4 Å². The van der Waals surface area contributed by atoms with Crippen LogP contribution in [0.25, 0.3) is 0 Å². The molecule has 0 spiro atoms. The van der Waals surface area contributed by atoms with E-state index in [0.717, 1.165) is 11.8 Å². The van der Waals surface area contributed by atoms with Gasteiger partial charge in [0.1, 0.15) is 0 Å². The summed E-state index contributed by atoms with van der Waals surface area (Å²) >= 11 is 0. The number of rotatable bonds is 4. The van der Waals surface area contributed by atoms with Gasteiger partial charge in [-0.25, -0.2) is 0 Å². The Hall–Kier alpha value is -0.870. The summed E-state index contributed by atoms with van der Waals surface area (Å²) in [7, 11) is -3.62. The summed E-state index contributed by atoms with van der Waals surface area (Å²) in [5.41, 5.74) is 0.355. The minimum absolute atomic E-state index is 0.0319. The lowest BCUT2D eigenvalue weighted by Gasteiger charge is -2.33. The van der Waals surface area contributed by atoms with Gasteiger partial charge in [-0.05, 0) is 48.1 Å². The van der Waals surface area contributed by atoms with Crippen LogP contribution in [0.15, 0.2) is 35.2 Å². The van der Waals surface area contributed by atoms with Crippen LogP contribution in [-0.4, -0.2) is 15.0 Å². The monoisotopic (exact) mass is 292 g/mol. The molecule has 0 aromatic heterocycles. The van der Waals surface area contributed by atoms with Crippen LogP contribution < -0.4 is 0 Å². The molecule has 3 nitrogen and oxygen atoms in total. The Balaban J connectivity index is 1.55. The minimum Gasteiger partial charge on any atom is -0.266 e. The zero-order chi connectivity index (χ0) is 14.2. The third-order valence-electron chi connectivity index (χ3n) is 6.67. The lowest BCUT2D eigenvalue weighted by atomic mass is 9.75. The van der Waals surface area contributed by atoms with Crippen molar-refractivity contribution in [3.63, 3.8) is 0 Å². The molecule has 108 valence electrons. The second-order valence-electron chi connectivity index (χ2n) is 7.11. The van der Waals surface area contributed by atoms with Crippen molar-refractivity contribution in [2.24, 2.45) is 28.6 Å². The first-order valence-corrected chi connectivity index (χ1v) is 8.75. The molecule has 4 heteroatoms. The summed E-state index contributed by atoms with van der Waals surface area (Å²) in [4.78, 5) is 0.256. The normalized spacial score (nSPS) is 44.8. The highest BCUT2D eigenvalue weighted by molar-refractivity contribution is 7.86. The number of hydrogen-bond donors (Lipinski definition) is 0. The summed E-state index contributed by atoms with van der Waals surface area (Å²) in [5, 5.41) is 0. The van der Waals surface area contributed by atoms with Crippen molar-refractivity contribution in [3.8, 4) is 0 Å². The van der Waals surface area contributed by atoms with Gasteiger partial charge in [-0.2, -0.15) is 8.42 Å². The van der Waals surface area contributed by atoms with Crippen molar-refractivity contribution in [1.29, 1.82) is 0 Å². The molecule has 0 N–H and O–H groups in total. The second kappa shape index (κ2) is 3.66. The van der Waals surface area contributed by atoms with E-state index < -0.39 is 10.1 Å². The molecule has 4 fully saturated rings. The Morgan fingerprint density at radius 3 is 2.25 bits per heavy atom. The van der Waals surface area contributed by atoms with E-state index in [1.165, 1.54) is 12.8 Å². The summed E-state index contributed by atoms with van der Waals surface area (Å²) in [5.74, 6) is 2.29. The lowest BCUT2D eigenvalue weighted by molar-refractivity contribution is 0.0843. The largest absolute Gasteiger partial charge is 0.296 e. The van der Waals surface area contributed by atoms with Gasteiger partial charge < -0.3 is 0 Å². The van der Waals surface area contributed by atoms with Gasteiger partial charge in [0.25, 0.3) is 10.1 Å². The van der Waals surface area contributed by atoms with Gasteiger partial charge in [0.15, 0.2) is 0 Å². The highest BCUT2D eigenvalue weighted by Gasteiger charge is 2.81. The molecule has 1 aromatic carbocycles. The van der Waals surface area contributed by atoms with Crippen LogP contribution >= 0.6 is 0 Å². The van der Waals surface area contributed by atoms with E-state index in [-0.39, 0.29) is 10.3 Å². The smallest absolute Gasteiger partial charge is 0.266 e. The third kappa shape index (κ3) is 1.37. The third-order valence-corrected chi connectivity index (χ3v) is 7.95. The Bertz CT molecular complexity index is 640. The van der Waals surface area contributed by atoms with Crippen molar-refractivity contribution in [3.05, 3.63) is 30.3 Å². The first-order valence-electron chi connectivity index (χ1n) is 7.34. The second-order valence-corrected chi connectivity index (χ2v) is 8.73. The Labute approximate surface area is 120 Å². The molecule has 4 aliphatic rings. The summed E-state index contributed by atoms with van der Waals surface area (Å²) < 4.78 is 29.9. The van der Waals surface area contributed by atoms with E-state index >= 15 is 0 Å². The molecule has 3 atom stereocenters. The van der Waals surface area contributed by atoms with Gasteiger partial charge in [0.05, 0.1) is 11.5 Å². The SMILES string of the molecule is CC12[C@@H]3CC(C[C@H]31)[C@]2(C)COS(=O)(=O)c1ccccc1. The van der Waals surface area contributed by atoms with Crippen LogP contribution in [0.1, 0.15) is 26.7 Å². The van der Waals surface area contributed by atoms with Crippen molar-refractivity contribution >= 4 is 10.1 Å². The van der Waals surface area contributed by atoms with Crippen LogP contribution in [0.4, 0.5) is 0 Å². The van der Waals surface area contributed by atoms with Crippen LogP contribution in [-0.2, 0) is 14.3 Å². The number of benzene rings is 1. The molecule has 4 saturated carbocycles. The molecule has 4 bridgehead atoms. The molecule has 4 aliphatic carbocycles. The fourth-order valence-corrected chi connectivity index (χ4v) is 6.19. The maximum atomic E-state index is 12.3. The standard InChI is InChI=1S/C16H20O3S/c1-15(11-8-13-14(9-11)16(13,15)2)10-19-20(17,18)12-6-4-3-5-7-12/h3-7,11,13-14H,8-10H2,1-2H3/t11?,13-,14-,15+,16?/m1/s1. The molecule has 20 heavy (non-hydrogen) atoms. The van der Waals surface area contributed by atoms with Crippen molar-refractivity contribution < 1.29 is 12.6 Å². The maximum absolute atomic E-state index is 12.3. The van der Waals surface area contributed by atoms with Gasteiger partial charge in [0, 0.05) is 5.41 Å². The predicted octanol–water partition coefficient (Wildman–Crippen LogP) is 3.07. The zero-order valence-electron chi connectivity index (χ0n) is 11.9. The van der Waals surface area contributed by atoms with Crippen LogP contribution in [0, 0.1) is 28.6 Å². The predicted molar refractivity (Wildman–Crippen MR) is 75.5 cm³/mol. The van der Waals surface area contributed by atoms with Gasteiger partial charge in [-0.1, -0.05) is 32.0 Å². The first kappa shape index (κ1) is 12.8. The van der Waals surface area contributed by atoms with Crippen LogP contribution in [0.5, 0.6) is 0 Å². The highest BCUT2D eigenvalue weighted by atomic mass is 32.2. The minimum atomic E-state index is -3.62. The Morgan fingerprint density at radius 2 is 1.75 bits per heavy atom. The summed E-state index contributed by atoms with van der Waals surface area (Å²) in [6.45, 7) is 4.89. The van der Waals surface area contributed by atoms with E-state index in [0.29, 0.717) is 17.9 Å². The summed E-state index contributed by atoms with van der Waals surface area (Å²) in [6.07, 6.45) is 2.54. The number of hydrogen-bond acceptors (Lipinski definition) is 3. The molecular weight excluding hydrogens is 272 g/mol. The summed E-state index contributed by atoms with van der Waals surface area (Å²) in [6, 6.07) is 8.44. The van der Waals surface area contributed by atoms with E-state index in [9.17, 15) is 8.42 Å². The van der Waals surface area contributed by atoms with Crippen molar-refractivity contribution in [2.45, 2.75) is 31.6 Å². The molecule has 0 heterocycles. The fourth-order valence-electron chi connectivity index (χ4n) is 5.16. The van der Waals surface area contributed by atoms with Crippen LogP contribution in [0.3, 0.4) is 0 Å².